The van der Waals surface area contributed by atoms with Gasteiger partial charge in [-0.3, -0.25) is 4.79 Å². The first kappa shape index (κ1) is 24.1. The molecule has 5 rings (SSSR count). The molecule has 36 heavy (non-hydrogen) atoms. The smallest absolute Gasteiger partial charge is 0.355 e. The Labute approximate surface area is 206 Å². The number of esters is 2. The maximum absolute atomic E-state index is 13.5. The van der Waals surface area contributed by atoms with Crippen molar-refractivity contribution >= 4 is 22.8 Å². The summed E-state index contributed by atoms with van der Waals surface area (Å²) in [7, 11) is 0. The molecule has 10 heteroatoms. The summed E-state index contributed by atoms with van der Waals surface area (Å²) in [5.74, 6) is -1.50. The molecule has 0 aliphatic carbocycles. The Morgan fingerprint density at radius 1 is 1.17 bits per heavy atom. The first-order chi connectivity index (χ1) is 17.5. The third-order valence-electron chi connectivity index (χ3n) is 6.50. The van der Waals surface area contributed by atoms with Gasteiger partial charge in [-0.15, -0.1) is 0 Å². The maximum Gasteiger partial charge on any atom is 0.355 e. The third kappa shape index (κ3) is 4.06. The Kier molecular flexibility index (Phi) is 6.57. The van der Waals surface area contributed by atoms with Crippen LogP contribution in [0.4, 0.5) is 0 Å². The molecule has 0 unspecified atom stereocenters. The van der Waals surface area contributed by atoms with E-state index in [1.54, 1.807) is 17.6 Å². The summed E-state index contributed by atoms with van der Waals surface area (Å²) >= 11 is 0. The van der Waals surface area contributed by atoms with Crippen molar-refractivity contribution in [3.8, 4) is 11.4 Å². The number of para-hydroxylation sites is 1. The Bertz CT molecular complexity index is 1400. The zero-order chi connectivity index (χ0) is 25.3. The number of benzene rings is 1. The van der Waals surface area contributed by atoms with Crippen LogP contribution in [0, 0.1) is 0 Å². The normalized spacial score (nSPS) is 17.9. The van der Waals surface area contributed by atoms with E-state index in [2.05, 4.69) is 0 Å². The molecule has 2 aromatic heterocycles. The minimum atomic E-state index is -1.77. The molecule has 0 fully saturated rings. The molecular formula is C26H26N2O8. The van der Waals surface area contributed by atoms with E-state index in [-0.39, 0.29) is 50.6 Å². The van der Waals surface area contributed by atoms with Crippen LogP contribution < -0.4 is 5.56 Å². The van der Waals surface area contributed by atoms with Crippen molar-refractivity contribution in [2.24, 2.45) is 0 Å². The number of rotatable bonds is 9. The van der Waals surface area contributed by atoms with Gasteiger partial charge in [-0.2, -0.15) is 0 Å². The maximum atomic E-state index is 13.5. The summed E-state index contributed by atoms with van der Waals surface area (Å²) in [5.41, 5.74) is 1.46. The van der Waals surface area contributed by atoms with Crippen molar-refractivity contribution in [1.29, 1.82) is 0 Å². The van der Waals surface area contributed by atoms with Crippen molar-refractivity contribution < 1.29 is 33.6 Å². The van der Waals surface area contributed by atoms with Crippen molar-refractivity contribution in [3.63, 3.8) is 0 Å². The molecule has 0 amide bonds. The molecule has 10 nitrogen and oxygen atoms in total. The average molecular weight is 495 g/mol. The average Bonchev–Trinajstić information content (AvgIpc) is 3.24. The van der Waals surface area contributed by atoms with Gasteiger partial charge in [0, 0.05) is 16.5 Å². The minimum absolute atomic E-state index is 0.0745. The number of fused-ring (bicyclic) bond motifs is 5. The van der Waals surface area contributed by atoms with Crippen LogP contribution >= 0.6 is 0 Å². The summed E-state index contributed by atoms with van der Waals surface area (Å²) in [6.07, 6.45) is 0.0745. The van der Waals surface area contributed by atoms with E-state index >= 15 is 0 Å². The van der Waals surface area contributed by atoms with Gasteiger partial charge in [-0.25, -0.2) is 14.6 Å². The van der Waals surface area contributed by atoms with Crippen LogP contribution in [0.25, 0.3) is 22.3 Å². The van der Waals surface area contributed by atoms with Crippen LogP contribution in [-0.4, -0.2) is 59.6 Å². The molecule has 0 saturated carbocycles. The first-order valence-corrected chi connectivity index (χ1v) is 11.8. The van der Waals surface area contributed by atoms with Gasteiger partial charge in [-0.05, 0) is 24.6 Å². The van der Waals surface area contributed by atoms with Gasteiger partial charge in [0.1, 0.15) is 13.2 Å². The van der Waals surface area contributed by atoms with Crippen LogP contribution in [0.1, 0.15) is 30.0 Å². The van der Waals surface area contributed by atoms with Crippen molar-refractivity contribution in [2.45, 2.75) is 32.1 Å². The summed E-state index contributed by atoms with van der Waals surface area (Å²) in [5, 5.41) is 9.69. The largest absolute Gasteiger partial charge is 0.457 e. The molecule has 188 valence electrons. The summed E-state index contributed by atoms with van der Waals surface area (Å²) in [6, 6.07) is 11.4. The number of nitrogens with zero attached hydrogens (tertiary/aromatic N) is 2. The molecule has 0 saturated heterocycles. The lowest BCUT2D eigenvalue weighted by atomic mass is 9.85. The second kappa shape index (κ2) is 9.81. The molecule has 3 aromatic rings. The Morgan fingerprint density at radius 3 is 2.78 bits per heavy atom. The molecule has 2 aliphatic rings. The lowest BCUT2D eigenvalue weighted by Gasteiger charge is -2.35. The predicted molar refractivity (Wildman–Crippen MR) is 127 cm³/mol. The van der Waals surface area contributed by atoms with Gasteiger partial charge in [0.05, 0.1) is 55.4 Å². The number of aromatic nitrogens is 2. The van der Waals surface area contributed by atoms with Gasteiger partial charge < -0.3 is 28.6 Å². The Balaban J connectivity index is 1.49. The molecule has 1 atom stereocenters. The number of carbonyl (C=O) groups is 2. The van der Waals surface area contributed by atoms with Gasteiger partial charge in [0.25, 0.3) is 5.56 Å². The third-order valence-corrected chi connectivity index (χ3v) is 6.50. The standard InChI is InChI=1S/C26H26N2O8/c1-2-26(36-22(30)15-34-10-9-33-8-7-29)19-12-21-23-17(11-16-5-3-4-6-20(16)27-23)13-28(21)24(31)18(19)14-35-25(26)32/h3-6,11-12,29H,2,7-10,13-15H2,1H3/t26-/m0/s1. The zero-order valence-corrected chi connectivity index (χ0v) is 19.8. The van der Waals surface area contributed by atoms with Crippen LogP contribution in [0.15, 0.2) is 41.2 Å². The lowest BCUT2D eigenvalue weighted by molar-refractivity contribution is -0.192. The molecule has 4 heterocycles. The van der Waals surface area contributed by atoms with Gasteiger partial charge in [0.2, 0.25) is 5.60 Å². The Morgan fingerprint density at radius 2 is 1.97 bits per heavy atom. The second-order valence-electron chi connectivity index (χ2n) is 8.62. The van der Waals surface area contributed by atoms with E-state index in [9.17, 15) is 14.4 Å². The molecule has 0 radical (unpaired) electrons. The number of carbonyl (C=O) groups excluding carboxylic acids is 2. The van der Waals surface area contributed by atoms with Gasteiger partial charge >= 0.3 is 11.9 Å². The number of hydrogen-bond donors (Lipinski definition) is 1. The fourth-order valence-electron chi connectivity index (χ4n) is 4.75. The fraction of sp³-hybridized carbons (Fsp3) is 0.385. The van der Waals surface area contributed by atoms with Crippen LogP contribution in [0.5, 0.6) is 0 Å². The molecule has 1 N–H and O–H groups in total. The van der Waals surface area contributed by atoms with Crippen LogP contribution in [0.2, 0.25) is 0 Å². The monoisotopic (exact) mass is 494 g/mol. The van der Waals surface area contributed by atoms with E-state index in [0.717, 1.165) is 16.5 Å². The number of aliphatic hydroxyl groups is 1. The van der Waals surface area contributed by atoms with Crippen molar-refractivity contribution in [3.05, 3.63) is 63.4 Å². The van der Waals surface area contributed by atoms with E-state index in [4.69, 9.17) is 29.0 Å². The highest BCUT2D eigenvalue weighted by Crippen LogP contribution is 2.40. The van der Waals surface area contributed by atoms with Crippen LogP contribution in [-0.2, 0) is 47.3 Å². The van der Waals surface area contributed by atoms with Crippen molar-refractivity contribution in [1.82, 2.24) is 9.55 Å². The van der Waals surface area contributed by atoms with E-state index in [1.165, 1.54) is 0 Å². The lowest BCUT2D eigenvalue weighted by Crippen LogP contribution is -2.48. The molecule has 1 aromatic carbocycles. The van der Waals surface area contributed by atoms with E-state index in [0.29, 0.717) is 23.5 Å². The molecule has 0 spiro atoms. The number of hydrogen-bond acceptors (Lipinski definition) is 9. The molecular weight excluding hydrogens is 468 g/mol. The van der Waals surface area contributed by atoms with E-state index in [1.807, 2.05) is 30.3 Å². The summed E-state index contributed by atoms with van der Waals surface area (Å²) in [6.45, 7) is 1.81. The predicted octanol–water partition coefficient (Wildman–Crippen LogP) is 1.66. The highest BCUT2D eigenvalue weighted by Gasteiger charge is 2.50. The number of pyridine rings is 2. The van der Waals surface area contributed by atoms with Gasteiger partial charge in [0.15, 0.2) is 0 Å². The fourth-order valence-corrected chi connectivity index (χ4v) is 4.75. The number of cyclic esters (lactones) is 1. The highest BCUT2D eigenvalue weighted by atomic mass is 16.6. The second-order valence-corrected chi connectivity index (χ2v) is 8.62. The number of aliphatic hydroxyl groups excluding tert-OH is 1. The van der Waals surface area contributed by atoms with Crippen LogP contribution in [0.3, 0.4) is 0 Å². The summed E-state index contributed by atoms with van der Waals surface area (Å²) < 4.78 is 23.0. The summed E-state index contributed by atoms with van der Waals surface area (Å²) in [4.78, 5) is 44.0. The topological polar surface area (TPSA) is 126 Å². The molecule has 2 aliphatic heterocycles. The van der Waals surface area contributed by atoms with E-state index < -0.39 is 24.1 Å². The number of ether oxygens (including phenoxy) is 4. The Hall–Kier alpha value is -3.60. The highest BCUT2D eigenvalue weighted by molar-refractivity contribution is 5.88. The quantitative estimate of drug-likeness (QED) is 0.273. The zero-order valence-electron chi connectivity index (χ0n) is 19.8. The minimum Gasteiger partial charge on any atom is -0.457 e. The van der Waals surface area contributed by atoms with Crippen molar-refractivity contribution in [2.75, 3.05) is 33.0 Å². The SMILES string of the molecule is CC[C@@]1(OC(=O)COCCOCCO)C(=O)OCc2c1cc1n(c2=O)Cc2cc3ccccc3nc2-1. The molecule has 0 bridgehead atoms. The van der Waals surface area contributed by atoms with Gasteiger partial charge in [-0.1, -0.05) is 25.1 Å². The first-order valence-electron chi connectivity index (χ1n) is 11.8.